The van der Waals surface area contributed by atoms with Crippen LogP contribution < -0.4 is 0 Å². The van der Waals surface area contributed by atoms with Gasteiger partial charge < -0.3 is 5.11 Å². The lowest BCUT2D eigenvalue weighted by atomic mass is 9.89. The Labute approximate surface area is 113 Å². The molecule has 1 atom stereocenters. The smallest absolute Gasteiger partial charge is 0.0431 e. The number of aliphatic hydroxyl groups is 1. The first kappa shape index (κ1) is 14.0. The summed E-state index contributed by atoms with van der Waals surface area (Å²) in [6.07, 6.45) is 5.63. The molecule has 1 aliphatic heterocycles. The quantitative estimate of drug-likeness (QED) is 0.653. The summed E-state index contributed by atoms with van der Waals surface area (Å²) in [5.74, 6) is 0.736. The van der Waals surface area contributed by atoms with E-state index in [0.717, 1.165) is 25.2 Å². The van der Waals surface area contributed by atoms with Gasteiger partial charge in [-0.15, -0.1) is 0 Å². The van der Waals surface area contributed by atoms with Crippen LogP contribution in [-0.4, -0.2) is 29.5 Å². The van der Waals surface area contributed by atoms with Crippen LogP contribution in [0.15, 0.2) is 24.3 Å². The van der Waals surface area contributed by atoms with E-state index in [4.69, 9.17) is 5.11 Å². The molecule has 1 unspecified atom stereocenters. The SMILES string of the molecule is OCCCCc1cccc(C2CCN(P)CC2)c1. The van der Waals surface area contributed by atoms with Gasteiger partial charge >= 0.3 is 0 Å². The average Bonchev–Trinajstić information content (AvgIpc) is 2.40. The summed E-state index contributed by atoms with van der Waals surface area (Å²) in [4.78, 5) is 0. The molecule has 0 aliphatic carbocycles. The Balaban J connectivity index is 1.94. The van der Waals surface area contributed by atoms with Crippen LogP contribution in [0.2, 0.25) is 0 Å². The van der Waals surface area contributed by atoms with Crippen molar-refractivity contribution in [2.45, 2.75) is 38.0 Å². The van der Waals surface area contributed by atoms with Crippen molar-refractivity contribution >= 4 is 9.39 Å². The Bertz CT molecular complexity index is 361. The van der Waals surface area contributed by atoms with Gasteiger partial charge in [0.1, 0.15) is 0 Å². The van der Waals surface area contributed by atoms with Crippen LogP contribution >= 0.6 is 9.39 Å². The van der Waals surface area contributed by atoms with Crippen molar-refractivity contribution in [3.63, 3.8) is 0 Å². The molecule has 2 rings (SSSR count). The Kier molecular flexibility index (Phi) is 5.62. The number of hydrogen-bond acceptors (Lipinski definition) is 2. The third kappa shape index (κ3) is 4.05. The van der Waals surface area contributed by atoms with Gasteiger partial charge in [0.2, 0.25) is 0 Å². The van der Waals surface area contributed by atoms with Gasteiger partial charge in [0, 0.05) is 19.7 Å². The maximum absolute atomic E-state index is 8.82. The highest BCUT2D eigenvalue weighted by atomic mass is 31.0. The largest absolute Gasteiger partial charge is 0.396 e. The van der Waals surface area contributed by atoms with Gasteiger partial charge in [-0.2, -0.15) is 0 Å². The highest BCUT2D eigenvalue weighted by molar-refractivity contribution is 7.13. The molecule has 18 heavy (non-hydrogen) atoms. The minimum absolute atomic E-state index is 0.312. The zero-order valence-corrected chi connectivity index (χ0v) is 12.2. The van der Waals surface area contributed by atoms with Gasteiger partial charge in [0.25, 0.3) is 0 Å². The Morgan fingerprint density at radius 3 is 2.72 bits per heavy atom. The summed E-state index contributed by atoms with van der Waals surface area (Å²) < 4.78 is 2.33. The van der Waals surface area contributed by atoms with Gasteiger partial charge in [-0.3, -0.25) is 4.67 Å². The van der Waals surface area contributed by atoms with Gasteiger partial charge in [0.05, 0.1) is 0 Å². The van der Waals surface area contributed by atoms with E-state index in [0.29, 0.717) is 6.61 Å². The zero-order valence-electron chi connectivity index (χ0n) is 11.0. The number of benzene rings is 1. The first-order valence-electron chi connectivity index (χ1n) is 6.99. The highest BCUT2D eigenvalue weighted by Gasteiger charge is 2.18. The third-order valence-corrected chi connectivity index (χ3v) is 4.34. The highest BCUT2D eigenvalue weighted by Crippen LogP contribution is 2.29. The maximum Gasteiger partial charge on any atom is 0.0431 e. The Hall–Kier alpha value is -0.430. The predicted octanol–water partition coefficient (Wildman–Crippen LogP) is 2.97. The average molecular weight is 265 g/mol. The molecular formula is C15H24NOP. The molecule has 0 bridgehead atoms. The van der Waals surface area contributed by atoms with Crippen molar-refractivity contribution in [1.82, 2.24) is 4.67 Å². The molecule has 0 saturated carbocycles. The minimum Gasteiger partial charge on any atom is -0.396 e. The number of unbranched alkanes of at least 4 members (excludes halogenated alkanes) is 1. The number of aryl methyl sites for hydroxylation is 1. The lowest BCUT2D eigenvalue weighted by molar-refractivity contribution is 0.284. The van der Waals surface area contributed by atoms with Crippen LogP contribution in [0.3, 0.4) is 0 Å². The normalized spacial score (nSPS) is 18.1. The van der Waals surface area contributed by atoms with E-state index in [9.17, 15) is 0 Å². The minimum atomic E-state index is 0.312. The van der Waals surface area contributed by atoms with Crippen molar-refractivity contribution in [2.75, 3.05) is 19.7 Å². The first-order chi connectivity index (χ1) is 8.79. The van der Waals surface area contributed by atoms with Crippen LogP contribution in [0.4, 0.5) is 0 Å². The summed E-state index contributed by atoms with van der Waals surface area (Å²) in [7, 11) is 2.81. The zero-order chi connectivity index (χ0) is 12.8. The standard InChI is InChI=1S/C15H24NOP/c17-11-2-1-4-13-5-3-6-15(12-13)14-7-9-16(18)10-8-14/h3,5-6,12,14,17H,1-2,4,7-11,18H2. The van der Waals surface area contributed by atoms with E-state index < -0.39 is 0 Å². The van der Waals surface area contributed by atoms with Crippen molar-refractivity contribution in [3.05, 3.63) is 35.4 Å². The molecule has 1 N–H and O–H groups in total. The summed E-state index contributed by atoms with van der Waals surface area (Å²) >= 11 is 0. The number of hydrogen-bond donors (Lipinski definition) is 1. The topological polar surface area (TPSA) is 23.5 Å². The van der Waals surface area contributed by atoms with Gasteiger partial charge in [-0.05, 0) is 49.1 Å². The fourth-order valence-corrected chi connectivity index (χ4v) is 2.97. The second-order valence-corrected chi connectivity index (χ2v) is 5.97. The van der Waals surface area contributed by atoms with Crippen molar-refractivity contribution in [2.24, 2.45) is 0 Å². The fraction of sp³-hybridized carbons (Fsp3) is 0.600. The van der Waals surface area contributed by atoms with Crippen molar-refractivity contribution in [3.8, 4) is 0 Å². The molecule has 100 valence electrons. The molecule has 1 aliphatic rings. The van der Waals surface area contributed by atoms with Gasteiger partial charge in [-0.25, -0.2) is 0 Å². The monoisotopic (exact) mass is 265 g/mol. The molecule has 0 aromatic heterocycles. The summed E-state index contributed by atoms with van der Waals surface area (Å²) in [6, 6.07) is 9.06. The van der Waals surface area contributed by atoms with Crippen LogP contribution in [0.1, 0.15) is 42.7 Å². The van der Waals surface area contributed by atoms with Crippen LogP contribution in [0.25, 0.3) is 0 Å². The van der Waals surface area contributed by atoms with E-state index in [1.807, 2.05) is 0 Å². The molecule has 1 fully saturated rings. The maximum atomic E-state index is 8.82. The fourth-order valence-electron chi connectivity index (χ4n) is 2.68. The Morgan fingerprint density at radius 2 is 2.00 bits per heavy atom. The number of piperidine rings is 1. The molecular weight excluding hydrogens is 241 g/mol. The number of nitrogens with zero attached hydrogens (tertiary/aromatic N) is 1. The molecule has 1 aromatic rings. The van der Waals surface area contributed by atoms with E-state index in [1.165, 1.54) is 37.1 Å². The van der Waals surface area contributed by atoms with E-state index in [2.05, 4.69) is 38.3 Å². The van der Waals surface area contributed by atoms with Crippen LogP contribution in [-0.2, 0) is 6.42 Å². The molecule has 0 amide bonds. The molecule has 3 heteroatoms. The van der Waals surface area contributed by atoms with Crippen LogP contribution in [0, 0.1) is 0 Å². The summed E-state index contributed by atoms with van der Waals surface area (Å²) in [6.45, 7) is 2.68. The molecule has 0 radical (unpaired) electrons. The van der Waals surface area contributed by atoms with E-state index in [1.54, 1.807) is 0 Å². The molecule has 1 heterocycles. The molecule has 2 nitrogen and oxygen atoms in total. The third-order valence-electron chi connectivity index (χ3n) is 3.83. The number of rotatable bonds is 5. The lowest BCUT2D eigenvalue weighted by Gasteiger charge is -2.29. The Morgan fingerprint density at radius 1 is 1.22 bits per heavy atom. The van der Waals surface area contributed by atoms with Crippen LogP contribution in [0.5, 0.6) is 0 Å². The second kappa shape index (κ2) is 7.23. The van der Waals surface area contributed by atoms with Gasteiger partial charge in [0.15, 0.2) is 0 Å². The summed E-state index contributed by atoms with van der Waals surface area (Å²) in [5, 5.41) is 8.82. The lowest BCUT2D eigenvalue weighted by Crippen LogP contribution is -2.24. The predicted molar refractivity (Wildman–Crippen MR) is 79.7 cm³/mol. The molecule has 1 saturated heterocycles. The van der Waals surface area contributed by atoms with Crippen molar-refractivity contribution in [1.29, 1.82) is 0 Å². The van der Waals surface area contributed by atoms with E-state index in [-0.39, 0.29) is 0 Å². The van der Waals surface area contributed by atoms with E-state index >= 15 is 0 Å². The molecule has 1 aromatic carbocycles. The number of aliphatic hydroxyl groups excluding tert-OH is 1. The van der Waals surface area contributed by atoms with Gasteiger partial charge in [-0.1, -0.05) is 33.7 Å². The second-order valence-electron chi connectivity index (χ2n) is 5.24. The first-order valence-corrected chi connectivity index (χ1v) is 7.50. The summed E-state index contributed by atoms with van der Waals surface area (Å²) in [5.41, 5.74) is 2.93. The van der Waals surface area contributed by atoms with Crippen molar-refractivity contribution < 1.29 is 5.11 Å². The molecule has 0 spiro atoms.